The van der Waals surface area contributed by atoms with Crippen LogP contribution in [0.2, 0.25) is 5.02 Å². The van der Waals surface area contributed by atoms with E-state index < -0.39 is 29.7 Å². The third-order valence-corrected chi connectivity index (χ3v) is 5.54. The van der Waals surface area contributed by atoms with Crippen molar-refractivity contribution in [2.45, 2.75) is 40.0 Å². The standard InChI is InChI=1S/C19H18ClF3N2O4S/c1-8-10(3)30-17(24-11(4)26)15(8)18(28)29-9(2)16(27)25-14-7-12(19(21,22)23)5-6-13(14)20/h5-7,9H,1-4H3,(H,24,26)(H,25,27). The summed E-state index contributed by atoms with van der Waals surface area (Å²) in [5.41, 5.74) is -0.552. The van der Waals surface area contributed by atoms with Gasteiger partial charge in [-0.2, -0.15) is 13.2 Å². The Balaban J connectivity index is 2.17. The first-order chi connectivity index (χ1) is 13.8. The van der Waals surface area contributed by atoms with Crippen LogP contribution in [0.1, 0.15) is 40.2 Å². The summed E-state index contributed by atoms with van der Waals surface area (Å²) in [4.78, 5) is 37.1. The molecule has 0 fully saturated rings. The summed E-state index contributed by atoms with van der Waals surface area (Å²) in [6, 6.07) is 2.48. The molecule has 1 aromatic carbocycles. The third kappa shape index (κ3) is 5.51. The lowest BCUT2D eigenvalue weighted by Gasteiger charge is -2.16. The molecule has 2 rings (SSSR count). The minimum atomic E-state index is -4.61. The van der Waals surface area contributed by atoms with Crippen LogP contribution in [0.15, 0.2) is 18.2 Å². The van der Waals surface area contributed by atoms with Crippen LogP contribution in [0.25, 0.3) is 0 Å². The zero-order chi connectivity index (χ0) is 22.8. The molecule has 6 nitrogen and oxygen atoms in total. The van der Waals surface area contributed by atoms with Crippen LogP contribution >= 0.6 is 22.9 Å². The van der Waals surface area contributed by atoms with Gasteiger partial charge in [-0.15, -0.1) is 11.3 Å². The SMILES string of the molecule is CC(=O)Nc1sc(C)c(C)c1C(=O)OC(C)C(=O)Nc1cc(C(F)(F)F)ccc1Cl. The first-order valence-electron chi connectivity index (χ1n) is 8.57. The highest BCUT2D eigenvalue weighted by atomic mass is 35.5. The monoisotopic (exact) mass is 462 g/mol. The van der Waals surface area contributed by atoms with Gasteiger partial charge in [-0.3, -0.25) is 9.59 Å². The summed E-state index contributed by atoms with van der Waals surface area (Å²) < 4.78 is 43.8. The lowest BCUT2D eigenvalue weighted by Crippen LogP contribution is -2.30. The molecule has 0 aliphatic heterocycles. The average molecular weight is 463 g/mol. The van der Waals surface area contributed by atoms with Crippen molar-refractivity contribution in [3.8, 4) is 0 Å². The molecular formula is C19H18ClF3N2O4S. The molecule has 1 unspecified atom stereocenters. The fourth-order valence-electron chi connectivity index (χ4n) is 2.43. The molecule has 0 saturated carbocycles. The van der Waals surface area contributed by atoms with E-state index in [1.54, 1.807) is 13.8 Å². The van der Waals surface area contributed by atoms with Gasteiger partial charge in [0.05, 0.1) is 21.8 Å². The summed E-state index contributed by atoms with van der Waals surface area (Å²) in [7, 11) is 0. The fraction of sp³-hybridized carbons (Fsp3) is 0.316. The van der Waals surface area contributed by atoms with Crippen LogP contribution < -0.4 is 10.6 Å². The number of amides is 2. The Morgan fingerprint density at radius 2 is 1.80 bits per heavy atom. The average Bonchev–Trinajstić information content (AvgIpc) is 2.88. The predicted octanol–water partition coefficient (Wildman–Crippen LogP) is 5.18. The second-order valence-corrected chi connectivity index (χ2v) is 8.03. The summed E-state index contributed by atoms with van der Waals surface area (Å²) in [5.74, 6) is -2.09. The van der Waals surface area contributed by atoms with Crippen LogP contribution in [0.4, 0.5) is 23.9 Å². The zero-order valence-electron chi connectivity index (χ0n) is 16.4. The topological polar surface area (TPSA) is 84.5 Å². The van der Waals surface area contributed by atoms with Crippen LogP contribution in [-0.2, 0) is 20.5 Å². The Kier molecular flexibility index (Phi) is 7.14. The predicted molar refractivity (Wildman–Crippen MR) is 108 cm³/mol. The Bertz CT molecular complexity index is 1000. The minimum absolute atomic E-state index is 0.105. The van der Waals surface area contributed by atoms with E-state index in [1.165, 1.54) is 25.2 Å². The fourth-order valence-corrected chi connectivity index (χ4v) is 3.68. The van der Waals surface area contributed by atoms with Gasteiger partial charge in [0.15, 0.2) is 6.10 Å². The number of rotatable bonds is 5. The van der Waals surface area contributed by atoms with Crippen molar-refractivity contribution in [2.24, 2.45) is 0 Å². The quantitative estimate of drug-likeness (QED) is 0.600. The maximum Gasteiger partial charge on any atom is 0.416 e. The molecule has 0 aliphatic carbocycles. The number of anilines is 2. The van der Waals surface area contributed by atoms with E-state index in [-0.39, 0.29) is 27.2 Å². The van der Waals surface area contributed by atoms with Gasteiger partial charge in [0, 0.05) is 11.8 Å². The molecule has 11 heteroatoms. The minimum Gasteiger partial charge on any atom is -0.449 e. The molecule has 0 bridgehead atoms. The number of halogens is 4. The molecule has 0 spiro atoms. The number of alkyl halides is 3. The summed E-state index contributed by atoms with van der Waals surface area (Å²) >= 11 is 7.05. The molecule has 0 saturated heterocycles. The van der Waals surface area contributed by atoms with Gasteiger partial charge in [-0.25, -0.2) is 4.79 Å². The first kappa shape index (κ1) is 23.7. The second-order valence-electron chi connectivity index (χ2n) is 6.40. The van der Waals surface area contributed by atoms with E-state index >= 15 is 0 Å². The van der Waals surface area contributed by atoms with E-state index in [2.05, 4.69) is 10.6 Å². The van der Waals surface area contributed by atoms with E-state index in [4.69, 9.17) is 16.3 Å². The van der Waals surface area contributed by atoms with Crippen molar-refractivity contribution in [1.82, 2.24) is 0 Å². The van der Waals surface area contributed by atoms with Gasteiger partial charge in [-0.1, -0.05) is 11.6 Å². The number of hydrogen-bond acceptors (Lipinski definition) is 5. The van der Waals surface area contributed by atoms with E-state index in [1.807, 2.05) is 0 Å². The van der Waals surface area contributed by atoms with Crippen LogP contribution in [0.5, 0.6) is 0 Å². The van der Waals surface area contributed by atoms with Crippen molar-refractivity contribution in [3.05, 3.63) is 44.8 Å². The summed E-state index contributed by atoms with van der Waals surface area (Å²) in [5, 5.41) is 4.95. The van der Waals surface area contributed by atoms with Gasteiger partial charge in [-0.05, 0) is 44.5 Å². The Morgan fingerprint density at radius 3 is 2.37 bits per heavy atom. The Labute approximate surface area is 179 Å². The number of carbonyl (C=O) groups is 3. The van der Waals surface area contributed by atoms with Crippen LogP contribution in [0, 0.1) is 13.8 Å². The Morgan fingerprint density at radius 1 is 1.17 bits per heavy atom. The molecule has 2 N–H and O–H groups in total. The Hall–Kier alpha value is -2.59. The third-order valence-electron chi connectivity index (χ3n) is 4.08. The highest BCUT2D eigenvalue weighted by Crippen LogP contribution is 2.35. The maximum absolute atomic E-state index is 12.9. The first-order valence-corrected chi connectivity index (χ1v) is 9.76. The molecule has 0 aliphatic rings. The number of nitrogens with one attached hydrogen (secondary N) is 2. The van der Waals surface area contributed by atoms with E-state index in [0.29, 0.717) is 11.6 Å². The number of aryl methyl sites for hydroxylation is 1. The number of carbonyl (C=O) groups excluding carboxylic acids is 3. The van der Waals surface area contributed by atoms with Crippen molar-refractivity contribution >= 4 is 51.4 Å². The molecule has 1 aromatic heterocycles. The summed E-state index contributed by atoms with van der Waals surface area (Å²) in [6.07, 6.45) is -5.95. The van der Waals surface area contributed by atoms with E-state index in [0.717, 1.165) is 17.0 Å². The maximum atomic E-state index is 12.9. The largest absolute Gasteiger partial charge is 0.449 e. The number of ether oxygens (including phenoxy) is 1. The normalized spacial score (nSPS) is 12.3. The van der Waals surface area contributed by atoms with Gasteiger partial charge in [0.1, 0.15) is 5.00 Å². The molecule has 1 heterocycles. The highest BCUT2D eigenvalue weighted by Gasteiger charge is 2.31. The lowest BCUT2D eigenvalue weighted by atomic mass is 10.1. The molecule has 0 radical (unpaired) electrons. The van der Waals surface area contributed by atoms with Crippen LogP contribution in [0.3, 0.4) is 0 Å². The summed E-state index contributed by atoms with van der Waals surface area (Å²) in [6.45, 7) is 5.98. The molecule has 1 atom stereocenters. The molecular weight excluding hydrogens is 445 g/mol. The van der Waals surface area contributed by atoms with Gasteiger partial charge in [0.25, 0.3) is 5.91 Å². The number of thiophene rings is 1. The zero-order valence-corrected chi connectivity index (χ0v) is 17.9. The van der Waals surface area contributed by atoms with Crippen LogP contribution in [-0.4, -0.2) is 23.9 Å². The number of hydrogen-bond donors (Lipinski definition) is 2. The van der Waals surface area contributed by atoms with Crippen molar-refractivity contribution < 1.29 is 32.3 Å². The molecule has 30 heavy (non-hydrogen) atoms. The number of benzene rings is 1. The van der Waals surface area contributed by atoms with Crippen molar-refractivity contribution in [2.75, 3.05) is 10.6 Å². The van der Waals surface area contributed by atoms with E-state index in [9.17, 15) is 27.6 Å². The highest BCUT2D eigenvalue weighted by molar-refractivity contribution is 7.16. The van der Waals surface area contributed by atoms with Gasteiger partial charge in [0.2, 0.25) is 5.91 Å². The molecule has 2 aromatic rings. The molecule has 2 amide bonds. The van der Waals surface area contributed by atoms with Crippen molar-refractivity contribution in [1.29, 1.82) is 0 Å². The van der Waals surface area contributed by atoms with Gasteiger partial charge < -0.3 is 15.4 Å². The van der Waals surface area contributed by atoms with Crippen molar-refractivity contribution in [3.63, 3.8) is 0 Å². The molecule has 162 valence electrons. The number of esters is 1. The van der Waals surface area contributed by atoms with Gasteiger partial charge >= 0.3 is 12.1 Å². The smallest absolute Gasteiger partial charge is 0.416 e. The lowest BCUT2D eigenvalue weighted by molar-refractivity contribution is -0.137. The second kappa shape index (κ2) is 9.05.